The highest BCUT2D eigenvalue weighted by Gasteiger charge is 2.38. The molecule has 0 saturated carbocycles. The fourth-order valence-electron chi connectivity index (χ4n) is 5.07. The zero-order chi connectivity index (χ0) is 35.8. The molecular weight excluding hydrogens is 634 g/mol. The molecule has 12 N–H and O–H groups in total. The molecule has 0 radical (unpaired) electrons. The van der Waals surface area contributed by atoms with E-state index in [2.05, 4.69) is 21.3 Å². The van der Waals surface area contributed by atoms with Crippen LogP contribution in [0.25, 0.3) is 0 Å². The Kier molecular flexibility index (Phi) is 16.4. The number of hydrogen-bond acceptors (Lipinski definition) is 11. The van der Waals surface area contributed by atoms with Gasteiger partial charge in [0, 0.05) is 6.54 Å². The van der Waals surface area contributed by atoms with E-state index in [1.165, 1.54) is 0 Å². The molecule has 18 nitrogen and oxygen atoms in total. The maximum atomic E-state index is 13.3. The number of hydrogen-bond donors (Lipinski definition) is 10. The molecule has 0 unspecified atom stereocenters. The normalized spacial score (nSPS) is 17.2. The molecule has 1 aliphatic heterocycles. The van der Waals surface area contributed by atoms with Gasteiger partial charge in [-0.2, -0.15) is 0 Å². The van der Waals surface area contributed by atoms with Crippen molar-refractivity contribution in [2.45, 2.75) is 81.2 Å². The summed E-state index contributed by atoms with van der Waals surface area (Å²) < 4.78 is 0. The van der Waals surface area contributed by atoms with Gasteiger partial charge in [0.1, 0.15) is 30.2 Å². The monoisotopic (exact) mass is 679 g/mol. The van der Waals surface area contributed by atoms with Crippen LogP contribution in [0.2, 0.25) is 0 Å². The predicted octanol–water partition coefficient (Wildman–Crippen LogP) is -3.84. The van der Waals surface area contributed by atoms with Gasteiger partial charge in [-0.15, -0.1) is 0 Å². The molecule has 18 heteroatoms. The number of carboxylic acid groups (broad SMARTS) is 2. The highest BCUT2D eigenvalue weighted by molar-refractivity contribution is 5.97. The van der Waals surface area contributed by atoms with Crippen LogP contribution in [-0.2, 0) is 40.0 Å². The first kappa shape index (κ1) is 39.5. The number of carbonyl (C=O) groups excluding carboxylic acids is 5. The third-order valence-corrected chi connectivity index (χ3v) is 7.66. The first-order valence-corrected chi connectivity index (χ1v) is 15.5. The number of aliphatic hydroxyl groups excluding tert-OH is 2. The fourth-order valence-corrected chi connectivity index (χ4v) is 5.07. The summed E-state index contributed by atoms with van der Waals surface area (Å²) >= 11 is 0. The van der Waals surface area contributed by atoms with Gasteiger partial charge in [-0.25, -0.2) is 4.79 Å². The zero-order valence-corrected chi connectivity index (χ0v) is 26.4. The number of nitrogens with one attached hydrogen (secondary N) is 4. The molecule has 1 aromatic rings. The predicted molar refractivity (Wildman–Crippen MR) is 168 cm³/mol. The SMILES string of the molecule is NCCCC[C@H](NC(=O)[C@@H](N)Cc1ccccc1)C(=O)N[C@@H](CC(=O)O)C(=O)N[C@@H](CO)C(=O)N[C@@H](CO)C(=O)N1CCC[C@H]1C(=O)O. The molecule has 0 aromatic heterocycles. The summed E-state index contributed by atoms with van der Waals surface area (Å²) in [6.45, 7) is -1.59. The number of unbranched alkanes of at least 4 members (excludes halogenated alkanes) is 1. The summed E-state index contributed by atoms with van der Waals surface area (Å²) in [7, 11) is 0. The second-order valence-corrected chi connectivity index (χ2v) is 11.3. The summed E-state index contributed by atoms with van der Waals surface area (Å²) in [5, 5.41) is 47.4. The van der Waals surface area contributed by atoms with Crippen LogP contribution in [-0.4, -0.2) is 129 Å². The van der Waals surface area contributed by atoms with Crippen LogP contribution in [0.4, 0.5) is 0 Å². The smallest absolute Gasteiger partial charge is 0.326 e. The van der Waals surface area contributed by atoms with Gasteiger partial charge < -0.3 is 58.1 Å². The molecule has 6 atom stereocenters. The van der Waals surface area contributed by atoms with Gasteiger partial charge in [-0.3, -0.25) is 28.8 Å². The summed E-state index contributed by atoms with van der Waals surface area (Å²) in [4.78, 5) is 89.1. The summed E-state index contributed by atoms with van der Waals surface area (Å²) in [6, 6.07) is 0.329. The minimum atomic E-state index is -1.78. The number of carboxylic acids is 2. The molecule has 266 valence electrons. The van der Waals surface area contributed by atoms with Crippen LogP contribution in [0.5, 0.6) is 0 Å². The number of nitrogens with two attached hydrogens (primary N) is 2. The van der Waals surface area contributed by atoms with Crippen LogP contribution >= 0.6 is 0 Å². The van der Waals surface area contributed by atoms with Crippen LogP contribution in [0.1, 0.15) is 44.1 Å². The van der Waals surface area contributed by atoms with Gasteiger partial charge in [0.15, 0.2) is 0 Å². The minimum Gasteiger partial charge on any atom is -0.481 e. The molecule has 2 rings (SSSR count). The highest BCUT2D eigenvalue weighted by atomic mass is 16.4. The van der Waals surface area contributed by atoms with E-state index in [1.807, 2.05) is 0 Å². The maximum absolute atomic E-state index is 13.3. The lowest BCUT2D eigenvalue weighted by Gasteiger charge is -2.28. The van der Waals surface area contributed by atoms with E-state index in [0.29, 0.717) is 25.8 Å². The van der Waals surface area contributed by atoms with Crippen molar-refractivity contribution in [1.82, 2.24) is 26.2 Å². The number of amides is 5. The van der Waals surface area contributed by atoms with E-state index in [1.54, 1.807) is 30.3 Å². The van der Waals surface area contributed by atoms with Gasteiger partial charge in [0.25, 0.3) is 0 Å². The first-order valence-electron chi connectivity index (χ1n) is 15.5. The van der Waals surface area contributed by atoms with Crippen molar-refractivity contribution in [3.05, 3.63) is 35.9 Å². The van der Waals surface area contributed by atoms with Gasteiger partial charge in [0.2, 0.25) is 29.5 Å². The van der Waals surface area contributed by atoms with E-state index in [9.17, 15) is 54.0 Å². The van der Waals surface area contributed by atoms with Crippen molar-refractivity contribution in [3.8, 4) is 0 Å². The molecule has 1 heterocycles. The van der Waals surface area contributed by atoms with Crippen LogP contribution < -0.4 is 32.7 Å². The highest BCUT2D eigenvalue weighted by Crippen LogP contribution is 2.18. The van der Waals surface area contributed by atoms with Crippen LogP contribution in [0, 0.1) is 0 Å². The van der Waals surface area contributed by atoms with Crippen molar-refractivity contribution < 1.29 is 54.0 Å². The second-order valence-electron chi connectivity index (χ2n) is 11.3. The van der Waals surface area contributed by atoms with Gasteiger partial charge in [-0.1, -0.05) is 30.3 Å². The number of nitrogens with zero attached hydrogens (tertiary/aromatic N) is 1. The van der Waals surface area contributed by atoms with Crippen molar-refractivity contribution in [2.24, 2.45) is 11.5 Å². The van der Waals surface area contributed by atoms with E-state index in [4.69, 9.17) is 11.5 Å². The zero-order valence-electron chi connectivity index (χ0n) is 26.4. The Hall–Kier alpha value is -4.65. The molecule has 1 aromatic carbocycles. The third kappa shape index (κ3) is 12.2. The van der Waals surface area contributed by atoms with Crippen molar-refractivity contribution in [3.63, 3.8) is 0 Å². The Morgan fingerprint density at radius 3 is 1.94 bits per heavy atom. The van der Waals surface area contributed by atoms with Crippen molar-refractivity contribution in [1.29, 1.82) is 0 Å². The van der Waals surface area contributed by atoms with Gasteiger partial charge >= 0.3 is 11.9 Å². The van der Waals surface area contributed by atoms with Crippen LogP contribution in [0.3, 0.4) is 0 Å². The quantitative estimate of drug-likeness (QED) is 0.0591. The molecule has 0 aliphatic carbocycles. The number of aliphatic carboxylic acids is 2. The lowest BCUT2D eigenvalue weighted by atomic mass is 10.0. The van der Waals surface area contributed by atoms with Crippen molar-refractivity contribution >= 4 is 41.5 Å². The van der Waals surface area contributed by atoms with E-state index in [0.717, 1.165) is 10.5 Å². The molecule has 1 aliphatic rings. The Morgan fingerprint density at radius 1 is 0.792 bits per heavy atom. The third-order valence-electron chi connectivity index (χ3n) is 7.66. The molecular formula is C30H45N7O11. The largest absolute Gasteiger partial charge is 0.481 e. The number of benzene rings is 1. The standard InChI is InChI=1S/C30H45N7O11/c31-11-5-4-9-19(33-25(42)18(32)13-17-7-2-1-3-8-17)26(43)34-20(14-24(40)41)27(44)35-21(15-38)28(45)36-22(16-39)29(46)37-12-6-10-23(37)30(47)48/h1-3,7-8,18-23,38-39H,4-6,9-16,31-32H2,(H,33,42)(H,34,43)(H,35,44)(H,36,45)(H,40,41)(H,47,48)/t18-,19-,20-,21-,22-,23-/m0/s1. The van der Waals surface area contributed by atoms with E-state index < -0.39 is 97.4 Å². The second kappa shape index (κ2) is 19.9. The molecule has 48 heavy (non-hydrogen) atoms. The number of carbonyl (C=O) groups is 7. The Balaban J connectivity index is 2.13. The summed E-state index contributed by atoms with van der Waals surface area (Å²) in [5.74, 6) is -7.57. The van der Waals surface area contributed by atoms with E-state index in [-0.39, 0.29) is 25.8 Å². The Labute approximate surface area is 276 Å². The fraction of sp³-hybridized carbons (Fsp3) is 0.567. The average molecular weight is 680 g/mol. The molecule has 0 spiro atoms. The minimum absolute atomic E-state index is 0.0749. The van der Waals surface area contributed by atoms with Crippen LogP contribution in [0.15, 0.2) is 30.3 Å². The number of likely N-dealkylation sites (tertiary alicyclic amines) is 1. The summed E-state index contributed by atoms with van der Waals surface area (Å²) in [6.07, 6.45) is 0.744. The number of aliphatic hydroxyl groups is 2. The summed E-state index contributed by atoms with van der Waals surface area (Å²) in [5.41, 5.74) is 12.4. The molecule has 0 bridgehead atoms. The molecule has 5 amide bonds. The molecule has 1 fully saturated rings. The lowest BCUT2D eigenvalue weighted by molar-refractivity contribution is -0.150. The van der Waals surface area contributed by atoms with E-state index >= 15 is 0 Å². The first-order chi connectivity index (χ1) is 22.8. The maximum Gasteiger partial charge on any atom is 0.326 e. The number of rotatable bonds is 20. The van der Waals surface area contributed by atoms with Gasteiger partial charge in [-0.05, 0) is 50.6 Å². The van der Waals surface area contributed by atoms with Gasteiger partial charge in [0.05, 0.1) is 25.7 Å². The van der Waals surface area contributed by atoms with Crippen molar-refractivity contribution in [2.75, 3.05) is 26.3 Å². The lowest BCUT2D eigenvalue weighted by Crippen LogP contribution is -2.60. The topological polar surface area (TPSA) is 304 Å². The molecule has 1 saturated heterocycles. The Morgan fingerprint density at radius 2 is 1.35 bits per heavy atom. The Bertz CT molecular complexity index is 1280. The average Bonchev–Trinajstić information content (AvgIpc) is 3.55.